The number of aryl methyl sites for hydroxylation is 1. The molecule has 0 spiro atoms. The van der Waals surface area contributed by atoms with Crippen molar-refractivity contribution in [3.8, 4) is 0 Å². The first-order chi connectivity index (χ1) is 13.6. The van der Waals surface area contributed by atoms with E-state index in [2.05, 4.69) is 50.1 Å². The van der Waals surface area contributed by atoms with E-state index < -0.39 is 0 Å². The van der Waals surface area contributed by atoms with Gasteiger partial charge in [-0.05, 0) is 36.4 Å². The average Bonchev–Trinajstić information content (AvgIpc) is 2.95. The molecule has 0 radical (unpaired) electrons. The number of carbonyl (C=O) groups is 1. The first-order valence-electron chi connectivity index (χ1n) is 8.96. The third-order valence-electron chi connectivity index (χ3n) is 4.58. The average molecular weight is 451 g/mol. The van der Waals surface area contributed by atoms with Crippen LogP contribution in [-0.4, -0.2) is 10.5 Å². The topological polar surface area (TPSA) is 34.0 Å². The third-order valence-corrected chi connectivity index (χ3v) is 6.24. The van der Waals surface area contributed by atoms with Gasteiger partial charge in [0.05, 0.1) is 6.42 Å². The number of benzene rings is 3. The van der Waals surface area contributed by atoms with Crippen molar-refractivity contribution in [2.24, 2.45) is 7.05 Å². The summed E-state index contributed by atoms with van der Waals surface area (Å²) in [4.78, 5) is 15.1. The van der Waals surface area contributed by atoms with Crippen molar-refractivity contribution < 1.29 is 4.79 Å². The molecule has 0 aliphatic carbocycles. The molecule has 1 N–H and O–H groups in total. The van der Waals surface area contributed by atoms with Gasteiger partial charge in [-0.1, -0.05) is 70.2 Å². The minimum Gasteiger partial charge on any atom is -0.346 e. The predicted octanol–water partition coefficient (Wildman–Crippen LogP) is 6.27. The van der Waals surface area contributed by atoms with Crippen LogP contribution < -0.4 is 5.32 Å². The standard InChI is InChI=1S/C23H19BrN2OS/c1-26-20-13-6-5-12-19(20)23(28-18-10-3-2-4-11-18)21(26)15-22(27)25-17-9-7-8-16(24)14-17/h2-14H,15H2,1H3,(H,25,27). The van der Waals surface area contributed by atoms with Gasteiger partial charge in [0.1, 0.15) is 0 Å². The number of rotatable bonds is 5. The number of para-hydroxylation sites is 1. The minimum absolute atomic E-state index is 0.0288. The molecule has 0 bridgehead atoms. The number of nitrogens with zero attached hydrogens (tertiary/aromatic N) is 1. The fourth-order valence-electron chi connectivity index (χ4n) is 3.25. The molecule has 0 aliphatic heterocycles. The molecule has 0 saturated carbocycles. The van der Waals surface area contributed by atoms with Crippen LogP contribution in [0, 0.1) is 0 Å². The molecule has 0 aliphatic rings. The van der Waals surface area contributed by atoms with Gasteiger partial charge in [-0.2, -0.15) is 0 Å². The van der Waals surface area contributed by atoms with E-state index in [1.807, 2.05) is 61.6 Å². The number of anilines is 1. The summed E-state index contributed by atoms with van der Waals surface area (Å²) >= 11 is 5.15. The van der Waals surface area contributed by atoms with Gasteiger partial charge in [-0.15, -0.1) is 0 Å². The normalized spacial score (nSPS) is 10.9. The van der Waals surface area contributed by atoms with Gasteiger partial charge in [0.25, 0.3) is 0 Å². The van der Waals surface area contributed by atoms with E-state index in [1.54, 1.807) is 11.8 Å². The maximum atomic E-state index is 12.8. The molecule has 0 atom stereocenters. The predicted molar refractivity (Wildman–Crippen MR) is 120 cm³/mol. The second kappa shape index (κ2) is 8.25. The Morgan fingerprint density at radius 1 is 1.00 bits per heavy atom. The molecule has 0 fully saturated rings. The van der Waals surface area contributed by atoms with E-state index in [-0.39, 0.29) is 5.91 Å². The van der Waals surface area contributed by atoms with Crippen molar-refractivity contribution in [1.29, 1.82) is 0 Å². The largest absolute Gasteiger partial charge is 0.346 e. The van der Waals surface area contributed by atoms with Crippen LogP contribution in [0.3, 0.4) is 0 Å². The number of aromatic nitrogens is 1. The van der Waals surface area contributed by atoms with E-state index in [0.717, 1.165) is 31.2 Å². The van der Waals surface area contributed by atoms with Gasteiger partial charge >= 0.3 is 0 Å². The smallest absolute Gasteiger partial charge is 0.230 e. The van der Waals surface area contributed by atoms with E-state index in [1.165, 1.54) is 5.39 Å². The highest BCUT2D eigenvalue weighted by molar-refractivity contribution is 9.10. The number of fused-ring (bicyclic) bond motifs is 1. The molecule has 4 rings (SSSR count). The van der Waals surface area contributed by atoms with Crippen molar-refractivity contribution in [3.05, 3.63) is 89.0 Å². The van der Waals surface area contributed by atoms with Gasteiger partial charge in [0, 0.05) is 43.6 Å². The maximum absolute atomic E-state index is 12.8. The lowest BCUT2D eigenvalue weighted by atomic mass is 10.2. The summed E-state index contributed by atoms with van der Waals surface area (Å²) in [6, 6.07) is 26.2. The van der Waals surface area contributed by atoms with Gasteiger partial charge in [0.15, 0.2) is 0 Å². The van der Waals surface area contributed by atoms with Crippen molar-refractivity contribution >= 4 is 50.2 Å². The number of hydrogen-bond donors (Lipinski definition) is 1. The molecular formula is C23H19BrN2OS. The summed E-state index contributed by atoms with van der Waals surface area (Å²) < 4.78 is 3.07. The number of halogens is 1. The summed E-state index contributed by atoms with van der Waals surface area (Å²) in [6.45, 7) is 0. The Labute approximate surface area is 176 Å². The van der Waals surface area contributed by atoms with Crippen LogP contribution in [-0.2, 0) is 18.3 Å². The fraction of sp³-hybridized carbons (Fsp3) is 0.0870. The molecule has 5 heteroatoms. The van der Waals surface area contributed by atoms with E-state index >= 15 is 0 Å². The van der Waals surface area contributed by atoms with Gasteiger partial charge in [0.2, 0.25) is 5.91 Å². The number of hydrogen-bond acceptors (Lipinski definition) is 2. The Morgan fingerprint density at radius 2 is 1.75 bits per heavy atom. The summed E-state index contributed by atoms with van der Waals surface area (Å²) in [5, 5.41) is 4.17. The van der Waals surface area contributed by atoms with Crippen LogP contribution in [0.25, 0.3) is 10.9 Å². The van der Waals surface area contributed by atoms with Crippen molar-refractivity contribution in [2.45, 2.75) is 16.2 Å². The monoisotopic (exact) mass is 450 g/mol. The van der Waals surface area contributed by atoms with E-state index in [0.29, 0.717) is 6.42 Å². The Kier molecular flexibility index (Phi) is 5.55. The molecule has 0 saturated heterocycles. The molecule has 1 aromatic heterocycles. The third kappa shape index (κ3) is 4.01. The van der Waals surface area contributed by atoms with Crippen molar-refractivity contribution in [2.75, 3.05) is 5.32 Å². The molecule has 4 aromatic rings. The maximum Gasteiger partial charge on any atom is 0.230 e. The first kappa shape index (κ1) is 18.8. The zero-order valence-electron chi connectivity index (χ0n) is 15.4. The van der Waals surface area contributed by atoms with Crippen LogP contribution >= 0.6 is 27.7 Å². The quantitative estimate of drug-likeness (QED) is 0.388. The van der Waals surface area contributed by atoms with Gasteiger partial charge in [-0.25, -0.2) is 0 Å². The van der Waals surface area contributed by atoms with Gasteiger partial charge in [-0.3, -0.25) is 4.79 Å². The van der Waals surface area contributed by atoms with Crippen LogP contribution in [0.15, 0.2) is 93.1 Å². The van der Waals surface area contributed by atoms with Crippen LogP contribution in [0.4, 0.5) is 5.69 Å². The summed E-state index contributed by atoms with van der Waals surface area (Å²) in [7, 11) is 2.03. The van der Waals surface area contributed by atoms with E-state index in [4.69, 9.17) is 0 Å². The highest BCUT2D eigenvalue weighted by Gasteiger charge is 2.18. The Bertz CT molecular complexity index is 1140. The van der Waals surface area contributed by atoms with Crippen molar-refractivity contribution in [1.82, 2.24) is 4.57 Å². The SMILES string of the molecule is Cn1c(CC(=O)Nc2cccc(Br)c2)c(Sc2ccccc2)c2ccccc21. The van der Waals surface area contributed by atoms with Crippen LogP contribution in [0.2, 0.25) is 0 Å². The molecule has 1 amide bonds. The van der Waals surface area contributed by atoms with Crippen molar-refractivity contribution in [3.63, 3.8) is 0 Å². The molecule has 0 unspecified atom stereocenters. The molecule has 1 heterocycles. The molecule has 3 aromatic carbocycles. The van der Waals surface area contributed by atoms with Gasteiger partial charge < -0.3 is 9.88 Å². The number of amides is 1. The minimum atomic E-state index is -0.0288. The molecule has 28 heavy (non-hydrogen) atoms. The lowest BCUT2D eigenvalue weighted by Crippen LogP contribution is -2.16. The molecule has 140 valence electrons. The summed E-state index contributed by atoms with van der Waals surface area (Å²) in [5.74, 6) is -0.0288. The zero-order chi connectivity index (χ0) is 19.5. The lowest BCUT2D eigenvalue weighted by molar-refractivity contribution is -0.115. The highest BCUT2D eigenvalue weighted by atomic mass is 79.9. The Hall–Kier alpha value is -2.50. The lowest BCUT2D eigenvalue weighted by Gasteiger charge is -2.09. The first-order valence-corrected chi connectivity index (χ1v) is 10.6. The summed E-state index contributed by atoms with van der Waals surface area (Å²) in [5.41, 5.74) is 2.93. The van der Waals surface area contributed by atoms with Crippen LogP contribution in [0.5, 0.6) is 0 Å². The fourth-order valence-corrected chi connectivity index (χ4v) is 4.79. The highest BCUT2D eigenvalue weighted by Crippen LogP contribution is 2.38. The van der Waals surface area contributed by atoms with E-state index in [9.17, 15) is 4.79 Å². The Balaban J connectivity index is 1.68. The second-order valence-corrected chi connectivity index (χ2v) is 8.50. The molecular weight excluding hydrogens is 432 g/mol. The van der Waals surface area contributed by atoms with Crippen LogP contribution in [0.1, 0.15) is 5.69 Å². The Morgan fingerprint density at radius 3 is 2.54 bits per heavy atom. The number of nitrogens with one attached hydrogen (secondary N) is 1. The second-order valence-electron chi connectivity index (χ2n) is 6.50. The molecule has 3 nitrogen and oxygen atoms in total. The summed E-state index contributed by atoms with van der Waals surface area (Å²) in [6.07, 6.45) is 0.312. The number of carbonyl (C=O) groups excluding carboxylic acids is 1. The zero-order valence-corrected chi connectivity index (χ0v) is 17.8.